The highest BCUT2D eigenvalue weighted by Gasteiger charge is 2.33. The van der Waals surface area contributed by atoms with Crippen LogP contribution in [0.2, 0.25) is 0 Å². The summed E-state index contributed by atoms with van der Waals surface area (Å²) in [7, 11) is -0.328. The van der Waals surface area contributed by atoms with Crippen LogP contribution in [0, 0.1) is 11.6 Å². The Hall–Kier alpha value is -2.62. The molecule has 2 N–H and O–H groups in total. The van der Waals surface area contributed by atoms with Crippen LogP contribution >= 0.6 is 0 Å². The SMILES string of the molecule is CNC1Cc2cc(F)c(CNS(=O)(=O)c3cnn(C)c3)cc2C1Cc1cccc(F)c1. The minimum atomic E-state index is -3.80. The standard InChI is InChI=1S/C22H24F2N4O2S/c1-25-22-10-15-9-21(24)16(11-27-31(29,30)18-12-26-28(2)13-18)8-19(15)20(22)7-14-4-3-5-17(23)6-14/h3-6,8-9,12-13,20,22,25,27H,7,10-11H2,1-2H3. The van der Waals surface area contributed by atoms with Crippen LogP contribution in [0.25, 0.3) is 0 Å². The largest absolute Gasteiger partial charge is 0.316 e. The van der Waals surface area contributed by atoms with Gasteiger partial charge in [-0.15, -0.1) is 0 Å². The number of likely N-dealkylation sites (N-methyl/N-ethyl adjacent to an activating group) is 1. The Labute approximate surface area is 180 Å². The van der Waals surface area contributed by atoms with Gasteiger partial charge in [0.05, 0.1) is 6.20 Å². The average Bonchev–Trinajstić information content (AvgIpc) is 3.30. The van der Waals surface area contributed by atoms with Crippen molar-refractivity contribution in [1.29, 1.82) is 0 Å². The third kappa shape index (κ3) is 4.53. The molecule has 164 valence electrons. The van der Waals surface area contributed by atoms with Crippen molar-refractivity contribution in [1.82, 2.24) is 19.8 Å². The molecule has 9 heteroatoms. The number of hydrogen-bond acceptors (Lipinski definition) is 4. The van der Waals surface area contributed by atoms with E-state index in [0.29, 0.717) is 12.8 Å². The zero-order chi connectivity index (χ0) is 22.2. The van der Waals surface area contributed by atoms with Crippen molar-refractivity contribution in [3.05, 3.63) is 82.7 Å². The molecule has 6 nitrogen and oxygen atoms in total. The molecular weight excluding hydrogens is 422 g/mol. The molecule has 0 radical (unpaired) electrons. The summed E-state index contributed by atoms with van der Waals surface area (Å²) in [5, 5.41) is 7.14. The van der Waals surface area contributed by atoms with Crippen LogP contribution in [0.1, 0.15) is 28.2 Å². The van der Waals surface area contributed by atoms with E-state index in [9.17, 15) is 17.2 Å². The summed E-state index contributed by atoms with van der Waals surface area (Å²) in [5.74, 6) is -0.716. The predicted octanol–water partition coefficient (Wildman–Crippen LogP) is 2.65. The second kappa shape index (κ2) is 8.49. The van der Waals surface area contributed by atoms with Gasteiger partial charge in [0.25, 0.3) is 0 Å². The molecule has 0 saturated heterocycles. The monoisotopic (exact) mass is 446 g/mol. The number of nitrogens with one attached hydrogen (secondary N) is 2. The maximum Gasteiger partial charge on any atom is 0.243 e. The third-order valence-corrected chi connectivity index (χ3v) is 7.15. The molecule has 0 spiro atoms. The molecule has 0 aliphatic heterocycles. The van der Waals surface area contributed by atoms with Crippen molar-refractivity contribution in [2.45, 2.75) is 36.2 Å². The Morgan fingerprint density at radius 3 is 2.71 bits per heavy atom. The molecule has 4 rings (SSSR count). The number of hydrogen-bond donors (Lipinski definition) is 2. The normalized spacial score (nSPS) is 18.3. The minimum absolute atomic E-state index is 0.0239. The molecule has 31 heavy (non-hydrogen) atoms. The maximum atomic E-state index is 14.7. The summed E-state index contributed by atoms with van der Waals surface area (Å²) in [6.07, 6.45) is 3.88. The highest BCUT2D eigenvalue weighted by atomic mass is 32.2. The van der Waals surface area contributed by atoms with E-state index in [-0.39, 0.29) is 34.8 Å². The van der Waals surface area contributed by atoms with E-state index < -0.39 is 15.8 Å². The van der Waals surface area contributed by atoms with E-state index in [0.717, 1.165) is 16.7 Å². The molecular formula is C22H24F2N4O2S. The van der Waals surface area contributed by atoms with Crippen molar-refractivity contribution in [3.63, 3.8) is 0 Å². The number of aryl methyl sites for hydroxylation is 1. The molecule has 0 fully saturated rings. The smallest absolute Gasteiger partial charge is 0.243 e. The van der Waals surface area contributed by atoms with Gasteiger partial charge in [-0.2, -0.15) is 5.10 Å². The quantitative estimate of drug-likeness (QED) is 0.585. The maximum absolute atomic E-state index is 14.7. The zero-order valence-corrected chi connectivity index (χ0v) is 18.1. The van der Waals surface area contributed by atoms with E-state index in [4.69, 9.17) is 0 Å². The van der Waals surface area contributed by atoms with Gasteiger partial charge < -0.3 is 5.32 Å². The van der Waals surface area contributed by atoms with Gasteiger partial charge in [-0.1, -0.05) is 18.2 Å². The van der Waals surface area contributed by atoms with Gasteiger partial charge in [0.1, 0.15) is 16.5 Å². The van der Waals surface area contributed by atoms with E-state index in [2.05, 4.69) is 15.1 Å². The fourth-order valence-corrected chi connectivity index (χ4v) is 5.19. The topological polar surface area (TPSA) is 76.0 Å². The summed E-state index contributed by atoms with van der Waals surface area (Å²) in [5.41, 5.74) is 2.98. The van der Waals surface area contributed by atoms with Gasteiger partial charge in [0.2, 0.25) is 10.0 Å². The first kappa shape index (κ1) is 21.6. The predicted molar refractivity (Wildman–Crippen MR) is 113 cm³/mol. The van der Waals surface area contributed by atoms with E-state index >= 15 is 0 Å². The van der Waals surface area contributed by atoms with Crippen LogP contribution in [0.5, 0.6) is 0 Å². The molecule has 1 aliphatic rings. The van der Waals surface area contributed by atoms with Crippen molar-refractivity contribution in [3.8, 4) is 0 Å². The van der Waals surface area contributed by atoms with Crippen LogP contribution < -0.4 is 10.0 Å². The molecule has 0 saturated carbocycles. The van der Waals surface area contributed by atoms with Gasteiger partial charge in [0, 0.05) is 37.3 Å². The minimum Gasteiger partial charge on any atom is -0.316 e. The number of sulfonamides is 1. The molecule has 2 atom stereocenters. The molecule has 3 aromatic rings. The second-order valence-electron chi connectivity index (χ2n) is 7.86. The van der Waals surface area contributed by atoms with Gasteiger partial charge in [-0.25, -0.2) is 21.9 Å². The molecule has 0 bridgehead atoms. The zero-order valence-electron chi connectivity index (χ0n) is 17.3. The fraction of sp³-hybridized carbons (Fsp3) is 0.318. The van der Waals surface area contributed by atoms with Crippen LogP contribution in [0.3, 0.4) is 0 Å². The Morgan fingerprint density at radius 2 is 2.03 bits per heavy atom. The Kier molecular flexibility index (Phi) is 5.92. The Bertz CT molecular complexity index is 1210. The third-order valence-electron chi connectivity index (χ3n) is 5.79. The fourth-order valence-electron chi connectivity index (χ4n) is 4.20. The first-order valence-electron chi connectivity index (χ1n) is 9.98. The Morgan fingerprint density at radius 1 is 1.23 bits per heavy atom. The molecule has 1 aromatic heterocycles. The number of nitrogens with zero attached hydrogens (tertiary/aromatic N) is 2. The van der Waals surface area contributed by atoms with Gasteiger partial charge in [0.15, 0.2) is 0 Å². The van der Waals surface area contributed by atoms with E-state index in [1.807, 2.05) is 13.1 Å². The number of fused-ring (bicyclic) bond motifs is 1. The average molecular weight is 447 g/mol. The van der Waals surface area contributed by atoms with Gasteiger partial charge >= 0.3 is 0 Å². The molecule has 0 amide bonds. The van der Waals surface area contributed by atoms with Crippen LogP contribution in [-0.4, -0.2) is 31.3 Å². The van der Waals surface area contributed by atoms with Crippen molar-refractivity contribution >= 4 is 10.0 Å². The number of halogens is 2. The van der Waals surface area contributed by atoms with E-state index in [1.54, 1.807) is 19.2 Å². The highest BCUT2D eigenvalue weighted by Crippen LogP contribution is 2.37. The first-order valence-corrected chi connectivity index (χ1v) is 11.5. The van der Waals surface area contributed by atoms with Crippen LogP contribution in [0.4, 0.5) is 8.78 Å². The van der Waals surface area contributed by atoms with Crippen molar-refractivity contribution in [2.75, 3.05) is 7.05 Å². The Balaban J connectivity index is 1.59. The lowest BCUT2D eigenvalue weighted by molar-refractivity contribution is 0.490. The molecule has 1 aliphatic carbocycles. The first-order chi connectivity index (χ1) is 14.8. The number of aromatic nitrogens is 2. The summed E-state index contributed by atoms with van der Waals surface area (Å²) in [6, 6.07) is 9.77. The van der Waals surface area contributed by atoms with Crippen LogP contribution in [-0.2, 0) is 36.5 Å². The molecule has 2 aromatic carbocycles. The summed E-state index contributed by atoms with van der Waals surface area (Å²) in [6.45, 7) is -0.173. The van der Waals surface area contributed by atoms with Gasteiger partial charge in [-0.05, 0) is 54.8 Å². The lowest BCUT2D eigenvalue weighted by atomic mass is 9.90. The second-order valence-corrected chi connectivity index (χ2v) is 9.62. The lowest BCUT2D eigenvalue weighted by Gasteiger charge is -2.20. The van der Waals surface area contributed by atoms with Gasteiger partial charge in [-0.3, -0.25) is 4.68 Å². The summed E-state index contributed by atoms with van der Waals surface area (Å²) in [4.78, 5) is 0.0239. The van der Waals surface area contributed by atoms with Crippen molar-refractivity contribution < 1.29 is 17.2 Å². The van der Waals surface area contributed by atoms with E-state index in [1.165, 1.54) is 35.3 Å². The lowest BCUT2D eigenvalue weighted by Crippen LogP contribution is -2.30. The molecule has 1 heterocycles. The van der Waals surface area contributed by atoms with Crippen LogP contribution in [0.15, 0.2) is 53.7 Å². The summed E-state index contributed by atoms with van der Waals surface area (Å²) < 4.78 is 57.2. The number of benzene rings is 2. The highest BCUT2D eigenvalue weighted by molar-refractivity contribution is 7.89. The summed E-state index contributed by atoms with van der Waals surface area (Å²) >= 11 is 0. The van der Waals surface area contributed by atoms with Crippen molar-refractivity contribution in [2.24, 2.45) is 7.05 Å². The molecule has 2 unspecified atom stereocenters. The number of rotatable bonds is 7.